The van der Waals surface area contributed by atoms with Crippen LogP contribution in [0.15, 0.2) is 18.5 Å². The molecule has 1 saturated heterocycles. The molecule has 1 aromatic rings. The first-order valence-electron chi connectivity index (χ1n) is 6.76. The lowest BCUT2D eigenvalue weighted by Crippen LogP contribution is -2.53. The minimum absolute atomic E-state index is 0.393. The van der Waals surface area contributed by atoms with Crippen molar-refractivity contribution in [2.24, 2.45) is 5.92 Å². The lowest BCUT2D eigenvalue weighted by atomic mass is 9.71. The fraction of sp³-hybridized carbons (Fsp3) is 0.643. The summed E-state index contributed by atoms with van der Waals surface area (Å²) in [5.74, 6) is 0.393. The molecule has 2 atom stereocenters. The van der Waals surface area contributed by atoms with Crippen LogP contribution in [0.3, 0.4) is 0 Å². The van der Waals surface area contributed by atoms with E-state index in [1.165, 1.54) is 12.8 Å². The molecule has 0 radical (unpaired) electrons. The summed E-state index contributed by atoms with van der Waals surface area (Å²) >= 11 is 6.20. The van der Waals surface area contributed by atoms with Crippen molar-refractivity contribution in [1.82, 2.24) is 4.98 Å². The topological polar surface area (TPSA) is 36.4 Å². The molecule has 1 aliphatic carbocycles. The van der Waals surface area contributed by atoms with Gasteiger partial charge < -0.3 is 10.0 Å². The Morgan fingerprint density at radius 2 is 2.28 bits per heavy atom. The molecule has 0 bridgehead atoms. The van der Waals surface area contributed by atoms with Crippen LogP contribution in [0.25, 0.3) is 0 Å². The maximum absolute atomic E-state index is 10.7. The van der Waals surface area contributed by atoms with Gasteiger partial charge in [0.05, 0.1) is 16.3 Å². The Morgan fingerprint density at radius 3 is 3.11 bits per heavy atom. The molecule has 0 spiro atoms. The normalized spacial score (nSPS) is 32.1. The standard InChI is InChI=1S/C14H19ClN2O/c15-12-9-16-7-4-13(12)17-8-6-14(18)5-2-1-3-11(14)10-17/h4,7,9,11,18H,1-3,5-6,8,10H2. The zero-order valence-electron chi connectivity index (χ0n) is 10.5. The van der Waals surface area contributed by atoms with Crippen LogP contribution in [0, 0.1) is 5.92 Å². The van der Waals surface area contributed by atoms with Gasteiger partial charge in [-0.3, -0.25) is 4.98 Å². The lowest BCUT2D eigenvalue weighted by molar-refractivity contribution is -0.0612. The molecule has 0 amide bonds. The molecule has 2 aliphatic rings. The highest BCUT2D eigenvalue weighted by Crippen LogP contribution is 2.41. The Balaban J connectivity index is 1.80. The molecule has 0 aromatic carbocycles. The highest BCUT2D eigenvalue weighted by Gasteiger charge is 2.42. The van der Waals surface area contributed by atoms with Crippen molar-refractivity contribution in [1.29, 1.82) is 0 Å². The highest BCUT2D eigenvalue weighted by molar-refractivity contribution is 6.33. The van der Waals surface area contributed by atoms with Gasteiger partial charge in [0.2, 0.25) is 0 Å². The molecule has 2 heterocycles. The van der Waals surface area contributed by atoms with E-state index in [0.717, 1.165) is 38.0 Å². The summed E-state index contributed by atoms with van der Waals surface area (Å²) in [6.07, 6.45) is 8.84. The number of pyridine rings is 1. The molecule has 2 fully saturated rings. The van der Waals surface area contributed by atoms with E-state index >= 15 is 0 Å². The zero-order valence-corrected chi connectivity index (χ0v) is 11.2. The fourth-order valence-corrected chi connectivity index (χ4v) is 3.65. The predicted molar refractivity (Wildman–Crippen MR) is 73.0 cm³/mol. The second-order valence-electron chi connectivity index (χ2n) is 5.57. The van der Waals surface area contributed by atoms with E-state index in [9.17, 15) is 5.11 Å². The molecule has 1 saturated carbocycles. The van der Waals surface area contributed by atoms with E-state index in [0.29, 0.717) is 10.9 Å². The number of fused-ring (bicyclic) bond motifs is 1. The average molecular weight is 267 g/mol. The number of aliphatic hydroxyl groups is 1. The summed E-state index contributed by atoms with van der Waals surface area (Å²) in [6.45, 7) is 1.80. The van der Waals surface area contributed by atoms with Gasteiger partial charge in [0.1, 0.15) is 0 Å². The van der Waals surface area contributed by atoms with Crippen molar-refractivity contribution in [3.05, 3.63) is 23.5 Å². The number of anilines is 1. The summed E-state index contributed by atoms with van der Waals surface area (Å²) in [4.78, 5) is 6.33. The number of hydrogen-bond donors (Lipinski definition) is 1. The van der Waals surface area contributed by atoms with Gasteiger partial charge in [0.25, 0.3) is 0 Å². The number of piperidine rings is 1. The minimum atomic E-state index is -0.422. The Labute approximate surface area is 113 Å². The molecular weight excluding hydrogens is 248 g/mol. The molecule has 3 rings (SSSR count). The van der Waals surface area contributed by atoms with Crippen LogP contribution in [-0.4, -0.2) is 28.8 Å². The van der Waals surface area contributed by atoms with Crippen LogP contribution in [0.4, 0.5) is 5.69 Å². The molecule has 1 aliphatic heterocycles. The molecule has 2 unspecified atom stereocenters. The van der Waals surface area contributed by atoms with E-state index in [-0.39, 0.29) is 0 Å². The van der Waals surface area contributed by atoms with E-state index in [1.54, 1.807) is 12.4 Å². The van der Waals surface area contributed by atoms with Gasteiger partial charge in [-0.2, -0.15) is 0 Å². The van der Waals surface area contributed by atoms with E-state index < -0.39 is 5.60 Å². The van der Waals surface area contributed by atoms with Gasteiger partial charge in [0, 0.05) is 31.4 Å². The van der Waals surface area contributed by atoms with Gasteiger partial charge >= 0.3 is 0 Å². The maximum atomic E-state index is 10.7. The van der Waals surface area contributed by atoms with Crippen LogP contribution in [0.1, 0.15) is 32.1 Å². The smallest absolute Gasteiger partial charge is 0.0822 e. The third kappa shape index (κ3) is 2.10. The largest absolute Gasteiger partial charge is 0.389 e. The maximum Gasteiger partial charge on any atom is 0.0822 e. The molecular formula is C14H19ClN2O. The third-order valence-corrected chi connectivity index (χ3v) is 4.81. The van der Waals surface area contributed by atoms with Gasteiger partial charge in [-0.05, 0) is 25.3 Å². The highest BCUT2D eigenvalue weighted by atomic mass is 35.5. The summed E-state index contributed by atoms with van der Waals surface area (Å²) < 4.78 is 0. The van der Waals surface area contributed by atoms with Crippen molar-refractivity contribution < 1.29 is 5.11 Å². The average Bonchev–Trinajstić information content (AvgIpc) is 2.38. The van der Waals surface area contributed by atoms with Crippen molar-refractivity contribution in [3.8, 4) is 0 Å². The van der Waals surface area contributed by atoms with Crippen LogP contribution < -0.4 is 4.90 Å². The zero-order chi connectivity index (χ0) is 12.6. The fourth-order valence-electron chi connectivity index (χ4n) is 3.41. The van der Waals surface area contributed by atoms with Crippen LogP contribution in [0.5, 0.6) is 0 Å². The Bertz CT molecular complexity index is 440. The summed E-state index contributed by atoms with van der Waals surface area (Å²) in [7, 11) is 0. The molecule has 98 valence electrons. The number of halogens is 1. The SMILES string of the molecule is OC12CCCCC1CN(c1ccncc1Cl)CC2. The van der Waals surface area contributed by atoms with E-state index in [1.807, 2.05) is 6.07 Å². The number of nitrogens with zero attached hydrogens (tertiary/aromatic N) is 2. The van der Waals surface area contributed by atoms with Crippen molar-refractivity contribution >= 4 is 17.3 Å². The summed E-state index contributed by atoms with van der Waals surface area (Å²) in [5.41, 5.74) is 0.633. The van der Waals surface area contributed by atoms with Crippen LogP contribution in [-0.2, 0) is 0 Å². The molecule has 1 aromatic heterocycles. The molecule has 1 N–H and O–H groups in total. The summed E-state index contributed by atoms with van der Waals surface area (Å²) in [5, 5.41) is 11.4. The van der Waals surface area contributed by atoms with Gasteiger partial charge in [0.15, 0.2) is 0 Å². The first-order chi connectivity index (χ1) is 8.69. The summed E-state index contributed by atoms with van der Waals surface area (Å²) in [6, 6.07) is 1.97. The second-order valence-corrected chi connectivity index (χ2v) is 5.98. The second kappa shape index (κ2) is 4.71. The van der Waals surface area contributed by atoms with Gasteiger partial charge in [-0.1, -0.05) is 24.4 Å². The van der Waals surface area contributed by atoms with E-state index in [4.69, 9.17) is 11.6 Å². The molecule has 18 heavy (non-hydrogen) atoms. The number of rotatable bonds is 1. The van der Waals surface area contributed by atoms with Crippen LogP contribution >= 0.6 is 11.6 Å². The third-order valence-electron chi connectivity index (χ3n) is 4.52. The molecule has 4 heteroatoms. The number of hydrogen-bond acceptors (Lipinski definition) is 3. The van der Waals surface area contributed by atoms with Gasteiger partial charge in [-0.25, -0.2) is 0 Å². The minimum Gasteiger partial charge on any atom is -0.389 e. The predicted octanol–water partition coefficient (Wildman–Crippen LogP) is 2.87. The quantitative estimate of drug-likeness (QED) is 0.849. The lowest BCUT2D eigenvalue weighted by Gasteiger charge is -2.48. The Hall–Kier alpha value is -0.800. The van der Waals surface area contributed by atoms with E-state index in [2.05, 4.69) is 9.88 Å². The Kier molecular flexibility index (Phi) is 3.20. The van der Waals surface area contributed by atoms with Gasteiger partial charge in [-0.15, -0.1) is 0 Å². The molecule has 3 nitrogen and oxygen atoms in total. The van der Waals surface area contributed by atoms with Crippen LogP contribution in [0.2, 0.25) is 5.02 Å². The number of aromatic nitrogens is 1. The monoisotopic (exact) mass is 266 g/mol. The van der Waals surface area contributed by atoms with Crippen molar-refractivity contribution in [2.75, 3.05) is 18.0 Å². The van der Waals surface area contributed by atoms with Crippen molar-refractivity contribution in [3.63, 3.8) is 0 Å². The first kappa shape index (κ1) is 12.2. The Morgan fingerprint density at radius 1 is 1.39 bits per heavy atom. The van der Waals surface area contributed by atoms with Crippen molar-refractivity contribution in [2.45, 2.75) is 37.7 Å². The first-order valence-corrected chi connectivity index (χ1v) is 7.14.